The molecule has 1 aromatic carbocycles. The number of rotatable bonds is 6. The molecular weight excluding hydrogens is 322 g/mol. The maximum atomic E-state index is 12.2. The van der Waals surface area contributed by atoms with Gasteiger partial charge in [-0.1, -0.05) is 18.5 Å². The predicted molar refractivity (Wildman–Crippen MR) is 89.9 cm³/mol. The number of halogens is 1. The minimum absolute atomic E-state index is 0.152. The van der Waals surface area contributed by atoms with Crippen LogP contribution in [0.1, 0.15) is 20.3 Å². The fourth-order valence-electron chi connectivity index (χ4n) is 1.72. The lowest BCUT2D eigenvalue weighted by molar-refractivity contribution is 0.601. The van der Waals surface area contributed by atoms with E-state index >= 15 is 0 Å². The van der Waals surface area contributed by atoms with E-state index in [-0.39, 0.29) is 4.90 Å². The molecule has 2 rings (SSSR count). The van der Waals surface area contributed by atoms with Crippen LogP contribution in [-0.2, 0) is 10.0 Å². The van der Waals surface area contributed by atoms with Crippen LogP contribution in [0.3, 0.4) is 0 Å². The highest BCUT2D eigenvalue weighted by Crippen LogP contribution is 2.18. The number of hydrogen-bond acceptors (Lipinski definition) is 4. The SMILES string of the molecule is CCC(C)Nc1ccc(NS(=O)(=O)c2ccc(Cl)cc2)cn1. The van der Waals surface area contributed by atoms with E-state index in [1.165, 1.54) is 30.5 Å². The van der Waals surface area contributed by atoms with Gasteiger partial charge in [0.25, 0.3) is 10.0 Å². The summed E-state index contributed by atoms with van der Waals surface area (Å²) in [4.78, 5) is 4.35. The molecule has 0 saturated heterocycles. The molecule has 22 heavy (non-hydrogen) atoms. The lowest BCUT2D eigenvalue weighted by Gasteiger charge is -2.13. The number of nitrogens with one attached hydrogen (secondary N) is 2. The summed E-state index contributed by atoms with van der Waals surface area (Å²) in [7, 11) is -3.64. The van der Waals surface area contributed by atoms with E-state index in [0.717, 1.165) is 6.42 Å². The summed E-state index contributed by atoms with van der Waals surface area (Å²) in [6.45, 7) is 4.13. The third kappa shape index (κ3) is 4.35. The van der Waals surface area contributed by atoms with Crippen LogP contribution in [0.15, 0.2) is 47.5 Å². The van der Waals surface area contributed by atoms with Crippen LogP contribution < -0.4 is 10.0 Å². The molecule has 0 bridgehead atoms. The zero-order chi connectivity index (χ0) is 16.2. The zero-order valence-electron chi connectivity index (χ0n) is 12.4. The lowest BCUT2D eigenvalue weighted by atomic mass is 10.2. The molecule has 0 saturated carbocycles. The Hall–Kier alpha value is -1.79. The van der Waals surface area contributed by atoms with Gasteiger partial charge in [-0.25, -0.2) is 13.4 Å². The van der Waals surface area contributed by atoms with Gasteiger partial charge in [-0.05, 0) is 49.7 Å². The largest absolute Gasteiger partial charge is 0.368 e. The van der Waals surface area contributed by atoms with Gasteiger partial charge in [0, 0.05) is 11.1 Å². The average Bonchev–Trinajstić information content (AvgIpc) is 2.49. The van der Waals surface area contributed by atoms with E-state index in [1.54, 1.807) is 12.1 Å². The second-order valence-electron chi connectivity index (χ2n) is 4.95. The van der Waals surface area contributed by atoms with Gasteiger partial charge in [0.1, 0.15) is 5.82 Å². The van der Waals surface area contributed by atoms with Crippen LogP contribution in [0, 0.1) is 0 Å². The van der Waals surface area contributed by atoms with Crippen molar-refractivity contribution in [2.75, 3.05) is 10.0 Å². The molecule has 0 fully saturated rings. The molecule has 0 amide bonds. The number of sulfonamides is 1. The Morgan fingerprint density at radius 1 is 1.18 bits per heavy atom. The molecular formula is C15H18ClN3O2S. The van der Waals surface area contributed by atoms with Crippen molar-refractivity contribution in [3.63, 3.8) is 0 Å². The monoisotopic (exact) mass is 339 g/mol. The van der Waals surface area contributed by atoms with E-state index in [4.69, 9.17) is 11.6 Å². The van der Waals surface area contributed by atoms with Crippen LogP contribution in [0.5, 0.6) is 0 Å². The molecule has 1 atom stereocenters. The fraction of sp³-hybridized carbons (Fsp3) is 0.267. The number of nitrogens with zero attached hydrogens (tertiary/aromatic N) is 1. The van der Waals surface area contributed by atoms with Crippen molar-refractivity contribution in [1.82, 2.24) is 4.98 Å². The highest BCUT2D eigenvalue weighted by Gasteiger charge is 2.14. The molecule has 1 unspecified atom stereocenters. The van der Waals surface area contributed by atoms with E-state index in [9.17, 15) is 8.42 Å². The summed E-state index contributed by atoms with van der Waals surface area (Å²) in [6, 6.07) is 9.70. The lowest BCUT2D eigenvalue weighted by Crippen LogP contribution is -2.15. The Balaban J connectivity index is 2.11. The molecule has 0 radical (unpaired) electrons. The summed E-state index contributed by atoms with van der Waals surface area (Å²) < 4.78 is 26.9. The maximum absolute atomic E-state index is 12.2. The van der Waals surface area contributed by atoms with Gasteiger partial charge in [-0.2, -0.15) is 0 Å². The van der Waals surface area contributed by atoms with Crippen molar-refractivity contribution in [3.05, 3.63) is 47.6 Å². The second-order valence-corrected chi connectivity index (χ2v) is 7.06. The molecule has 118 valence electrons. The van der Waals surface area contributed by atoms with Gasteiger partial charge >= 0.3 is 0 Å². The number of hydrogen-bond donors (Lipinski definition) is 2. The first-order chi connectivity index (χ1) is 10.4. The predicted octanol–water partition coefficient (Wildman–Crippen LogP) is 3.75. The molecule has 7 heteroatoms. The fourth-order valence-corrected chi connectivity index (χ4v) is 2.89. The Bertz CT molecular complexity index is 715. The molecule has 1 aromatic heterocycles. The zero-order valence-corrected chi connectivity index (χ0v) is 13.9. The van der Waals surface area contributed by atoms with Crippen molar-refractivity contribution in [3.8, 4) is 0 Å². The van der Waals surface area contributed by atoms with Gasteiger partial charge in [0.05, 0.1) is 16.8 Å². The van der Waals surface area contributed by atoms with E-state index in [0.29, 0.717) is 22.6 Å². The van der Waals surface area contributed by atoms with Gasteiger partial charge in [-0.15, -0.1) is 0 Å². The molecule has 0 spiro atoms. The van der Waals surface area contributed by atoms with E-state index < -0.39 is 10.0 Å². The first-order valence-corrected chi connectivity index (χ1v) is 8.78. The normalized spacial score (nSPS) is 12.7. The summed E-state index contributed by atoms with van der Waals surface area (Å²) in [5, 5.41) is 3.70. The Morgan fingerprint density at radius 3 is 2.41 bits per heavy atom. The quantitative estimate of drug-likeness (QED) is 0.840. The van der Waals surface area contributed by atoms with Crippen molar-refractivity contribution >= 4 is 33.1 Å². The first-order valence-electron chi connectivity index (χ1n) is 6.91. The minimum atomic E-state index is -3.64. The summed E-state index contributed by atoms with van der Waals surface area (Å²) in [5.74, 6) is 0.712. The molecule has 1 heterocycles. The topological polar surface area (TPSA) is 71.1 Å². The number of aromatic nitrogens is 1. The number of anilines is 2. The van der Waals surface area contributed by atoms with Crippen LogP contribution in [-0.4, -0.2) is 19.4 Å². The molecule has 2 N–H and O–H groups in total. The number of benzene rings is 1. The Kier molecular flexibility index (Phi) is 5.26. The summed E-state index contributed by atoms with van der Waals surface area (Å²) in [5.41, 5.74) is 0.407. The van der Waals surface area contributed by atoms with Gasteiger partial charge in [0.2, 0.25) is 0 Å². The number of pyridine rings is 1. The van der Waals surface area contributed by atoms with Crippen molar-refractivity contribution in [2.45, 2.75) is 31.2 Å². The Labute approximate surface area is 135 Å². The first kappa shape index (κ1) is 16.6. The van der Waals surface area contributed by atoms with E-state index in [2.05, 4.69) is 28.9 Å². The molecule has 2 aromatic rings. The molecule has 0 aliphatic rings. The third-order valence-electron chi connectivity index (χ3n) is 3.15. The third-order valence-corrected chi connectivity index (χ3v) is 4.80. The average molecular weight is 340 g/mol. The molecule has 5 nitrogen and oxygen atoms in total. The highest BCUT2D eigenvalue weighted by atomic mass is 35.5. The van der Waals surface area contributed by atoms with Crippen LogP contribution >= 0.6 is 11.6 Å². The molecule has 0 aliphatic carbocycles. The van der Waals surface area contributed by atoms with Gasteiger partial charge < -0.3 is 5.32 Å². The van der Waals surface area contributed by atoms with Gasteiger partial charge in [0.15, 0.2) is 0 Å². The summed E-state index contributed by atoms with van der Waals surface area (Å²) in [6.07, 6.45) is 2.46. The van der Waals surface area contributed by atoms with Crippen molar-refractivity contribution in [2.24, 2.45) is 0 Å². The van der Waals surface area contributed by atoms with Crippen molar-refractivity contribution in [1.29, 1.82) is 0 Å². The minimum Gasteiger partial charge on any atom is -0.368 e. The van der Waals surface area contributed by atoms with Crippen LogP contribution in [0.4, 0.5) is 11.5 Å². The standard InChI is InChI=1S/C15H18ClN3O2S/c1-3-11(2)18-15-9-6-13(10-17-15)19-22(20,21)14-7-4-12(16)5-8-14/h4-11,19H,3H2,1-2H3,(H,17,18). The highest BCUT2D eigenvalue weighted by molar-refractivity contribution is 7.92. The molecule has 0 aliphatic heterocycles. The van der Waals surface area contributed by atoms with Crippen LogP contribution in [0.2, 0.25) is 5.02 Å². The Morgan fingerprint density at radius 2 is 1.86 bits per heavy atom. The summed E-state index contributed by atoms with van der Waals surface area (Å²) >= 11 is 5.76. The second kappa shape index (κ2) is 6.98. The smallest absolute Gasteiger partial charge is 0.261 e. The maximum Gasteiger partial charge on any atom is 0.261 e. The van der Waals surface area contributed by atoms with Crippen molar-refractivity contribution < 1.29 is 8.42 Å². The van der Waals surface area contributed by atoms with E-state index in [1.807, 2.05) is 0 Å². The van der Waals surface area contributed by atoms with Crippen LogP contribution in [0.25, 0.3) is 0 Å². The van der Waals surface area contributed by atoms with Gasteiger partial charge in [-0.3, -0.25) is 4.72 Å².